The standard InChI is InChI=1S/C19H17ClO4/c1-12(2)24-18-11-14(19(22)23)6-9-16(18)17(21)10-5-13-3-7-15(20)8-4-13/h3-12H,1-2H3,(H,22,23)/b10-5+. The second-order valence-corrected chi connectivity index (χ2v) is 5.87. The number of rotatable bonds is 6. The van der Waals surface area contributed by atoms with Gasteiger partial charge in [0.2, 0.25) is 0 Å². The van der Waals surface area contributed by atoms with Crippen LogP contribution in [0.25, 0.3) is 6.08 Å². The van der Waals surface area contributed by atoms with E-state index in [1.807, 2.05) is 13.8 Å². The molecule has 5 heteroatoms. The van der Waals surface area contributed by atoms with Crippen molar-refractivity contribution in [2.45, 2.75) is 20.0 Å². The van der Waals surface area contributed by atoms with Gasteiger partial charge in [0.15, 0.2) is 5.78 Å². The minimum absolute atomic E-state index is 0.0730. The van der Waals surface area contributed by atoms with Gasteiger partial charge in [-0.05, 0) is 55.8 Å². The molecule has 0 spiro atoms. The van der Waals surface area contributed by atoms with Gasteiger partial charge in [0.25, 0.3) is 0 Å². The third-order valence-corrected chi connectivity index (χ3v) is 3.41. The van der Waals surface area contributed by atoms with Gasteiger partial charge in [-0.3, -0.25) is 4.79 Å². The SMILES string of the molecule is CC(C)Oc1cc(C(=O)O)ccc1C(=O)/C=C/c1ccc(Cl)cc1. The Kier molecular flexibility index (Phi) is 5.77. The van der Waals surface area contributed by atoms with Crippen LogP contribution in [-0.2, 0) is 0 Å². The molecule has 0 saturated heterocycles. The molecule has 0 aliphatic heterocycles. The summed E-state index contributed by atoms with van der Waals surface area (Å²) in [7, 11) is 0. The van der Waals surface area contributed by atoms with Crippen molar-refractivity contribution in [1.82, 2.24) is 0 Å². The maximum Gasteiger partial charge on any atom is 0.335 e. The minimum Gasteiger partial charge on any atom is -0.490 e. The Balaban J connectivity index is 2.30. The Labute approximate surface area is 145 Å². The van der Waals surface area contributed by atoms with Crippen LogP contribution in [0.4, 0.5) is 0 Å². The van der Waals surface area contributed by atoms with Crippen LogP contribution in [0.1, 0.15) is 40.1 Å². The summed E-state index contributed by atoms with van der Waals surface area (Å²) in [4.78, 5) is 23.5. The molecule has 0 aliphatic carbocycles. The summed E-state index contributed by atoms with van der Waals surface area (Å²) in [5.41, 5.74) is 1.23. The summed E-state index contributed by atoms with van der Waals surface area (Å²) in [5, 5.41) is 9.70. The molecule has 0 unspecified atom stereocenters. The summed E-state index contributed by atoms with van der Waals surface area (Å²) < 4.78 is 5.59. The van der Waals surface area contributed by atoms with Gasteiger partial charge in [0, 0.05) is 5.02 Å². The van der Waals surface area contributed by atoms with Crippen LogP contribution in [0.3, 0.4) is 0 Å². The molecule has 0 radical (unpaired) electrons. The molecular weight excluding hydrogens is 328 g/mol. The van der Waals surface area contributed by atoms with Gasteiger partial charge >= 0.3 is 5.97 Å². The topological polar surface area (TPSA) is 63.6 Å². The van der Waals surface area contributed by atoms with Crippen LogP contribution in [0.15, 0.2) is 48.5 Å². The predicted octanol–water partition coefficient (Wildman–Crippen LogP) is 4.72. The zero-order valence-corrected chi connectivity index (χ0v) is 14.1. The highest BCUT2D eigenvalue weighted by molar-refractivity contribution is 6.30. The lowest BCUT2D eigenvalue weighted by Gasteiger charge is -2.13. The number of aromatic carboxylic acids is 1. The number of allylic oxidation sites excluding steroid dienone is 1. The number of halogens is 1. The average Bonchev–Trinajstić information content (AvgIpc) is 2.53. The fourth-order valence-electron chi connectivity index (χ4n) is 2.05. The molecule has 0 amide bonds. The largest absolute Gasteiger partial charge is 0.490 e. The van der Waals surface area contributed by atoms with Crippen LogP contribution < -0.4 is 4.74 Å². The number of hydrogen-bond acceptors (Lipinski definition) is 3. The summed E-state index contributed by atoms with van der Waals surface area (Å²) in [6, 6.07) is 11.3. The van der Waals surface area contributed by atoms with E-state index in [1.165, 1.54) is 24.3 Å². The van der Waals surface area contributed by atoms with E-state index in [0.717, 1.165) is 5.56 Å². The first-order valence-electron chi connectivity index (χ1n) is 7.39. The smallest absolute Gasteiger partial charge is 0.335 e. The summed E-state index contributed by atoms with van der Waals surface area (Å²) in [5.74, 6) is -1.08. The van der Waals surface area contributed by atoms with Gasteiger partial charge < -0.3 is 9.84 Å². The maximum atomic E-state index is 12.4. The van der Waals surface area contributed by atoms with Crippen LogP contribution in [0.5, 0.6) is 5.75 Å². The van der Waals surface area contributed by atoms with Crippen molar-refractivity contribution >= 4 is 29.4 Å². The number of hydrogen-bond donors (Lipinski definition) is 1. The van der Waals surface area contributed by atoms with Crippen molar-refractivity contribution in [1.29, 1.82) is 0 Å². The van der Waals surface area contributed by atoms with Crippen molar-refractivity contribution in [3.05, 3.63) is 70.3 Å². The molecule has 0 atom stereocenters. The van der Waals surface area contributed by atoms with Crippen LogP contribution in [0, 0.1) is 0 Å². The minimum atomic E-state index is -1.07. The van der Waals surface area contributed by atoms with E-state index in [1.54, 1.807) is 30.3 Å². The number of ether oxygens (including phenoxy) is 1. The lowest BCUT2D eigenvalue weighted by molar-refractivity contribution is 0.0695. The molecule has 1 N–H and O–H groups in total. The maximum absolute atomic E-state index is 12.4. The van der Waals surface area contributed by atoms with E-state index < -0.39 is 5.97 Å². The van der Waals surface area contributed by atoms with E-state index in [2.05, 4.69) is 0 Å². The molecule has 0 fully saturated rings. The molecule has 2 aromatic rings. The number of carbonyl (C=O) groups is 2. The third kappa shape index (κ3) is 4.70. The molecule has 2 aromatic carbocycles. The van der Waals surface area contributed by atoms with E-state index >= 15 is 0 Å². The fraction of sp³-hybridized carbons (Fsp3) is 0.158. The van der Waals surface area contributed by atoms with Crippen molar-refractivity contribution in [3.8, 4) is 5.75 Å². The van der Waals surface area contributed by atoms with Crippen molar-refractivity contribution in [3.63, 3.8) is 0 Å². The van der Waals surface area contributed by atoms with Crippen LogP contribution in [0.2, 0.25) is 5.02 Å². The molecule has 0 bridgehead atoms. The third-order valence-electron chi connectivity index (χ3n) is 3.15. The number of carbonyl (C=O) groups excluding carboxylic acids is 1. The average molecular weight is 345 g/mol. The molecular formula is C19H17ClO4. The van der Waals surface area contributed by atoms with Crippen LogP contribution >= 0.6 is 11.6 Å². The molecule has 0 aromatic heterocycles. The van der Waals surface area contributed by atoms with Gasteiger partial charge in [0.1, 0.15) is 5.75 Å². The van der Waals surface area contributed by atoms with E-state index in [0.29, 0.717) is 10.6 Å². The molecule has 124 valence electrons. The first-order valence-corrected chi connectivity index (χ1v) is 7.76. The van der Waals surface area contributed by atoms with E-state index in [-0.39, 0.29) is 23.2 Å². The number of carboxylic acids is 1. The van der Waals surface area contributed by atoms with E-state index in [9.17, 15) is 9.59 Å². The van der Waals surface area contributed by atoms with Gasteiger partial charge in [0.05, 0.1) is 17.2 Å². The molecule has 0 saturated carbocycles. The van der Waals surface area contributed by atoms with Crippen LogP contribution in [-0.4, -0.2) is 23.0 Å². The quantitative estimate of drug-likeness (QED) is 0.608. The second-order valence-electron chi connectivity index (χ2n) is 5.43. The molecule has 0 heterocycles. The highest BCUT2D eigenvalue weighted by Crippen LogP contribution is 2.23. The fourth-order valence-corrected chi connectivity index (χ4v) is 2.17. The van der Waals surface area contributed by atoms with Gasteiger partial charge in [-0.25, -0.2) is 4.79 Å². The highest BCUT2D eigenvalue weighted by Gasteiger charge is 2.15. The predicted molar refractivity (Wildman–Crippen MR) is 94.0 cm³/mol. The normalized spacial score (nSPS) is 11.0. The number of benzene rings is 2. The first-order chi connectivity index (χ1) is 11.4. The number of carboxylic acid groups (broad SMARTS) is 1. The molecule has 0 aliphatic rings. The van der Waals surface area contributed by atoms with Gasteiger partial charge in [-0.1, -0.05) is 29.8 Å². The van der Waals surface area contributed by atoms with Crippen molar-refractivity contribution < 1.29 is 19.4 Å². The van der Waals surface area contributed by atoms with Gasteiger partial charge in [-0.2, -0.15) is 0 Å². The lowest BCUT2D eigenvalue weighted by Crippen LogP contribution is -2.10. The highest BCUT2D eigenvalue weighted by atomic mass is 35.5. The lowest BCUT2D eigenvalue weighted by atomic mass is 10.0. The summed E-state index contributed by atoms with van der Waals surface area (Å²) in [6.45, 7) is 3.62. The molecule has 2 rings (SSSR count). The zero-order valence-electron chi connectivity index (χ0n) is 13.3. The Hall–Kier alpha value is -2.59. The molecule has 24 heavy (non-hydrogen) atoms. The van der Waals surface area contributed by atoms with Crippen molar-refractivity contribution in [2.24, 2.45) is 0 Å². The number of ketones is 1. The van der Waals surface area contributed by atoms with Gasteiger partial charge in [-0.15, -0.1) is 0 Å². The van der Waals surface area contributed by atoms with E-state index in [4.69, 9.17) is 21.4 Å². The Morgan fingerprint density at radius 1 is 1.12 bits per heavy atom. The van der Waals surface area contributed by atoms with Crippen molar-refractivity contribution in [2.75, 3.05) is 0 Å². The Morgan fingerprint density at radius 2 is 1.79 bits per heavy atom. The first kappa shape index (κ1) is 17.8. The zero-order chi connectivity index (χ0) is 17.7. The molecule has 4 nitrogen and oxygen atoms in total. The summed E-state index contributed by atoms with van der Waals surface area (Å²) >= 11 is 5.82. The Morgan fingerprint density at radius 3 is 2.38 bits per heavy atom. The second kappa shape index (κ2) is 7.79. The summed E-state index contributed by atoms with van der Waals surface area (Å²) in [6.07, 6.45) is 2.91. The monoisotopic (exact) mass is 344 g/mol. The Bertz CT molecular complexity index is 776.